The lowest BCUT2D eigenvalue weighted by Gasteiger charge is -2.27. The standard InChI is InChI=1S/C19H38N6O2.HI/c1-15(2)25-13-16(3)17(14-25)22-19(21-12-18(26)23(4)5)20-6-7-24-8-10-27-11-9-24;/h15-17H,6-14H2,1-5H3,(H2,20,21,22);1H. The van der Waals surface area contributed by atoms with Crippen molar-refractivity contribution >= 4 is 35.8 Å². The van der Waals surface area contributed by atoms with Gasteiger partial charge in [0.05, 0.1) is 13.2 Å². The van der Waals surface area contributed by atoms with Crippen LogP contribution in [0.2, 0.25) is 0 Å². The van der Waals surface area contributed by atoms with Crippen LogP contribution in [0, 0.1) is 5.92 Å². The van der Waals surface area contributed by atoms with Crippen LogP contribution >= 0.6 is 24.0 Å². The molecular formula is C19H39IN6O2. The monoisotopic (exact) mass is 510 g/mol. The first-order valence-electron chi connectivity index (χ1n) is 10.2. The largest absolute Gasteiger partial charge is 0.379 e. The zero-order chi connectivity index (χ0) is 19.8. The number of nitrogens with one attached hydrogen (secondary N) is 2. The number of likely N-dealkylation sites (tertiary alicyclic amines) is 1. The van der Waals surface area contributed by atoms with E-state index in [0.29, 0.717) is 18.0 Å². The normalized spacial score (nSPS) is 24.1. The Morgan fingerprint density at radius 3 is 2.50 bits per heavy atom. The van der Waals surface area contributed by atoms with E-state index in [4.69, 9.17) is 4.74 Å². The van der Waals surface area contributed by atoms with Gasteiger partial charge in [-0.3, -0.25) is 14.6 Å². The molecule has 0 saturated carbocycles. The zero-order valence-electron chi connectivity index (χ0n) is 18.1. The van der Waals surface area contributed by atoms with Gasteiger partial charge in [0.15, 0.2) is 5.96 Å². The van der Waals surface area contributed by atoms with Crippen LogP contribution in [0.5, 0.6) is 0 Å². The van der Waals surface area contributed by atoms with E-state index in [2.05, 4.69) is 46.2 Å². The molecule has 2 heterocycles. The zero-order valence-corrected chi connectivity index (χ0v) is 20.4. The summed E-state index contributed by atoms with van der Waals surface area (Å²) in [6.45, 7) is 14.3. The molecule has 0 spiro atoms. The number of hydrogen-bond donors (Lipinski definition) is 2. The van der Waals surface area contributed by atoms with Gasteiger partial charge in [-0.2, -0.15) is 0 Å². The molecule has 0 aliphatic carbocycles. The van der Waals surface area contributed by atoms with Crippen molar-refractivity contribution in [3.05, 3.63) is 0 Å². The first-order valence-corrected chi connectivity index (χ1v) is 10.2. The molecule has 9 heteroatoms. The second-order valence-corrected chi connectivity index (χ2v) is 8.11. The Kier molecular flexibility index (Phi) is 11.6. The fourth-order valence-corrected chi connectivity index (χ4v) is 3.39. The molecule has 8 nitrogen and oxygen atoms in total. The molecule has 2 rings (SSSR count). The van der Waals surface area contributed by atoms with Crippen molar-refractivity contribution in [3.8, 4) is 0 Å². The Morgan fingerprint density at radius 2 is 1.93 bits per heavy atom. The lowest BCUT2D eigenvalue weighted by atomic mass is 10.1. The summed E-state index contributed by atoms with van der Waals surface area (Å²) in [7, 11) is 3.52. The topological polar surface area (TPSA) is 72.4 Å². The smallest absolute Gasteiger partial charge is 0.243 e. The van der Waals surface area contributed by atoms with Gasteiger partial charge in [0, 0.05) is 65.4 Å². The second-order valence-electron chi connectivity index (χ2n) is 8.11. The molecule has 0 radical (unpaired) electrons. The van der Waals surface area contributed by atoms with Crippen LogP contribution in [0.1, 0.15) is 20.8 Å². The number of likely N-dealkylation sites (N-methyl/N-ethyl adjacent to an activating group) is 1. The Morgan fingerprint density at radius 1 is 1.25 bits per heavy atom. The molecule has 2 N–H and O–H groups in total. The fourth-order valence-electron chi connectivity index (χ4n) is 3.39. The lowest BCUT2D eigenvalue weighted by Crippen LogP contribution is -2.49. The number of carbonyl (C=O) groups excluding carboxylic acids is 1. The van der Waals surface area contributed by atoms with Crippen molar-refractivity contribution in [2.45, 2.75) is 32.9 Å². The maximum atomic E-state index is 11.9. The van der Waals surface area contributed by atoms with Gasteiger partial charge in [-0.15, -0.1) is 24.0 Å². The summed E-state index contributed by atoms with van der Waals surface area (Å²) in [6, 6.07) is 0.890. The molecule has 164 valence electrons. The molecule has 2 fully saturated rings. The second kappa shape index (κ2) is 12.8. The molecule has 28 heavy (non-hydrogen) atoms. The highest BCUT2D eigenvalue weighted by atomic mass is 127. The molecule has 2 unspecified atom stereocenters. The summed E-state index contributed by atoms with van der Waals surface area (Å²) in [5, 5.41) is 6.99. The number of guanidine groups is 1. The lowest BCUT2D eigenvalue weighted by molar-refractivity contribution is -0.127. The molecule has 0 aromatic carbocycles. The van der Waals surface area contributed by atoms with Gasteiger partial charge in [-0.05, 0) is 19.8 Å². The predicted molar refractivity (Wildman–Crippen MR) is 124 cm³/mol. The van der Waals surface area contributed by atoms with Crippen molar-refractivity contribution in [3.63, 3.8) is 0 Å². The van der Waals surface area contributed by atoms with E-state index in [1.165, 1.54) is 0 Å². The third kappa shape index (κ3) is 8.38. The van der Waals surface area contributed by atoms with Crippen LogP contribution in [-0.4, -0.2) is 112 Å². The van der Waals surface area contributed by atoms with Crippen molar-refractivity contribution in [1.29, 1.82) is 0 Å². The van der Waals surface area contributed by atoms with Crippen LogP contribution in [0.4, 0.5) is 0 Å². The first kappa shape index (κ1) is 25.4. The number of nitrogens with zero attached hydrogens (tertiary/aromatic N) is 4. The third-order valence-electron chi connectivity index (χ3n) is 5.39. The number of rotatable bonds is 7. The van der Waals surface area contributed by atoms with E-state index in [9.17, 15) is 4.79 Å². The SMILES string of the molecule is CC1CN(C(C)C)CC1NC(=NCC(=O)N(C)C)NCCN1CCOCC1.I. The average Bonchev–Trinajstić information content (AvgIpc) is 3.01. The summed E-state index contributed by atoms with van der Waals surface area (Å²) >= 11 is 0. The minimum absolute atomic E-state index is 0. The van der Waals surface area contributed by atoms with E-state index in [0.717, 1.165) is 58.4 Å². The minimum Gasteiger partial charge on any atom is -0.379 e. The van der Waals surface area contributed by atoms with Crippen LogP contribution in [0.3, 0.4) is 0 Å². The number of hydrogen-bond acceptors (Lipinski definition) is 5. The van der Waals surface area contributed by atoms with Crippen molar-refractivity contribution in [2.75, 3.05) is 73.1 Å². The molecule has 0 aromatic rings. The van der Waals surface area contributed by atoms with Crippen LogP contribution < -0.4 is 10.6 Å². The molecule has 1 amide bonds. The van der Waals surface area contributed by atoms with Gasteiger partial charge in [-0.25, -0.2) is 4.99 Å². The van der Waals surface area contributed by atoms with E-state index < -0.39 is 0 Å². The van der Waals surface area contributed by atoms with Gasteiger partial charge in [0.1, 0.15) is 6.54 Å². The molecule has 2 saturated heterocycles. The van der Waals surface area contributed by atoms with Crippen molar-refractivity contribution in [1.82, 2.24) is 25.3 Å². The molecular weight excluding hydrogens is 471 g/mol. The van der Waals surface area contributed by atoms with E-state index >= 15 is 0 Å². The highest BCUT2D eigenvalue weighted by Gasteiger charge is 2.31. The Labute approximate surface area is 187 Å². The van der Waals surface area contributed by atoms with Crippen molar-refractivity contribution in [2.24, 2.45) is 10.9 Å². The van der Waals surface area contributed by atoms with Crippen molar-refractivity contribution < 1.29 is 9.53 Å². The Balaban J connectivity index is 0.00000392. The first-order chi connectivity index (χ1) is 12.9. The van der Waals surface area contributed by atoms with Gasteiger partial charge in [-0.1, -0.05) is 6.92 Å². The number of aliphatic imine (C=N–C) groups is 1. The van der Waals surface area contributed by atoms with Gasteiger partial charge < -0.3 is 20.3 Å². The Hall–Kier alpha value is -0.650. The molecule has 2 atom stereocenters. The number of amides is 1. The van der Waals surface area contributed by atoms with Gasteiger partial charge in [0.25, 0.3) is 0 Å². The van der Waals surface area contributed by atoms with E-state index in [1.54, 1.807) is 19.0 Å². The summed E-state index contributed by atoms with van der Waals surface area (Å²) < 4.78 is 5.40. The van der Waals surface area contributed by atoms with E-state index in [-0.39, 0.29) is 36.4 Å². The average molecular weight is 510 g/mol. The molecule has 0 bridgehead atoms. The van der Waals surface area contributed by atoms with Crippen LogP contribution in [0.15, 0.2) is 4.99 Å². The molecule has 2 aliphatic heterocycles. The molecule has 2 aliphatic rings. The maximum Gasteiger partial charge on any atom is 0.243 e. The highest BCUT2D eigenvalue weighted by Crippen LogP contribution is 2.18. The third-order valence-corrected chi connectivity index (χ3v) is 5.39. The van der Waals surface area contributed by atoms with Crippen LogP contribution in [-0.2, 0) is 9.53 Å². The van der Waals surface area contributed by atoms with Gasteiger partial charge >= 0.3 is 0 Å². The van der Waals surface area contributed by atoms with Crippen LogP contribution in [0.25, 0.3) is 0 Å². The minimum atomic E-state index is 0. The number of halogens is 1. The number of ether oxygens (including phenoxy) is 1. The fraction of sp³-hybridized carbons (Fsp3) is 0.895. The van der Waals surface area contributed by atoms with Gasteiger partial charge in [0.2, 0.25) is 5.91 Å². The summed E-state index contributed by atoms with van der Waals surface area (Å²) in [5.74, 6) is 1.29. The maximum absolute atomic E-state index is 11.9. The number of morpholine rings is 1. The quantitative estimate of drug-likeness (QED) is 0.292. The number of carbonyl (C=O) groups is 1. The summed E-state index contributed by atoms with van der Waals surface area (Å²) in [6.07, 6.45) is 0. The summed E-state index contributed by atoms with van der Waals surface area (Å²) in [5.41, 5.74) is 0. The van der Waals surface area contributed by atoms with E-state index in [1.807, 2.05) is 0 Å². The molecule has 0 aromatic heterocycles. The predicted octanol–water partition coefficient (Wildman–Crippen LogP) is 0.289. The summed E-state index contributed by atoms with van der Waals surface area (Å²) in [4.78, 5) is 22.9. The highest BCUT2D eigenvalue weighted by molar-refractivity contribution is 14.0. The Bertz CT molecular complexity index is 497.